The van der Waals surface area contributed by atoms with E-state index in [1.165, 1.54) is 6.07 Å². The second-order valence-electron chi connectivity index (χ2n) is 6.81. The third-order valence-electron chi connectivity index (χ3n) is 5.00. The average Bonchev–Trinajstić information content (AvgIpc) is 3.34. The zero-order valence-electron chi connectivity index (χ0n) is 16.4. The number of thiocarbonyl (C=S) groups is 1. The van der Waals surface area contributed by atoms with Crippen LogP contribution in [-0.4, -0.2) is 38.7 Å². The number of carbonyl (C=O) groups excluding carboxylic acids is 1. The Hall–Kier alpha value is -3.26. The summed E-state index contributed by atoms with van der Waals surface area (Å²) in [4.78, 5) is 18.5. The predicted octanol–water partition coefficient (Wildman–Crippen LogP) is 3.55. The zero-order chi connectivity index (χ0) is 21.1. The number of carbonyl (C=O) groups is 1. The molecule has 1 aliphatic heterocycles. The van der Waals surface area contributed by atoms with Crippen LogP contribution in [0.2, 0.25) is 0 Å². The first-order valence-electron chi connectivity index (χ1n) is 9.66. The Kier molecular flexibility index (Phi) is 5.76. The number of para-hydroxylation sites is 1. The van der Waals surface area contributed by atoms with Crippen LogP contribution in [0.15, 0.2) is 67.0 Å². The lowest BCUT2D eigenvalue weighted by atomic mass is 10.0. The van der Waals surface area contributed by atoms with Gasteiger partial charge in [-0.3, -0.25) is 9.78 Å². The van der Waals surface area contributed by atoms with Crippen molar-refractivity contribution < 1.29 is 13.9 Å². The van der Waals surface area contributed by atoms with Crippen LogP contribution in [0.4, 0.5) is 4.39 Å². The molecule has 4 rings (SSSR count). The van der Waals surface area contributed by atoms with Crippen LogP contribution >= 0.6 is 12.2 Å². The van der Waals surface area contributed by atoms with E-state index in [0.29, 0.717) is 10.8 Å². The summed E-state index contributed by atoms with van der Waals surface area (Å²) in [6, 6.07) is 15.3. The van der Waals surface area contributed by atoms with E-state index in [2.05, 4.69) is 10.3 Å². The number of nitrogens with one attached hydrogen (secondary N) is 1. The monoisotopic (exact) mass is 424 g/mol. The summed E-state index contributed by atoms with van der Waals surface area (Å²) >= 11 is 5.55. The maximum Gasteiger partial charge on any atom is 0.325 e. The van der Waals surface area contributed by atoms with Gasteiger partial charge in [0.05, 0.1) is 30.1 Å². The van der Waals surface area contributed by atoms with Crippen molar-refractivity contribution in [1.82, 2.24) is 19.8 Å². The van der Waals surface area contributed by atoms with Crippen molar-refractivity contribution in [3.05, 3.63) is 84.2 Å². The fourth-order valence-electron chi connectivity index (χ4n) is 3.74. The third-order valence-corrected chi connectivity index (χ3v) is 5.35. The maximum absolute atomic E-state index is 14.6. The van der Waals surface area contributed by atoms with Crippen LogP contribution < -0.4 is 5.32 Å². The molecule has 30 heavy (non-hydrogen) atoms. The molecule has 1 fully saturated rings. The molecular weight excluding hydrogens is 403 g/mol. The molecule has 1 aliphatic rings. The number of pyridine rings is 1. The van der Waals surface area contributed by atoms with Gasteiger partial charge in [0.1, 0.15) is 12.4 Å². The SMILES string of the molecule is CCOC(=O)CN1C(=S)N[C@H](c2ccccn2)[C@@H]1c1cccn1-c1ccccc1F. The number of nitrogens with zero attached hydrogens (tertiary/aromatic N) is 3. The lowest BCUT2D eigenvalue weighted by Gasteiger charge is -2.28. The molecule has 0 radical (unpaired) electrons. The molecule has 0 amide bonds. The third kappa shape index (κ3) is 3.78. The zero-order valence-corrected chi connectivity index (χ0v) is 17.2. The van der Waals surface area contributed by atoms with Crippen molar-refractivity contribution in [2.45, 2.75) is 19.0 Å². The van der Waals surface area contributed by atoms with Gasteiger partial charge in [-0.2, -0.15) is 0 Å². The van der Waals surface area contributed by atoms with Crippen LogP contribution in [0.25, 0.3) is 5.69 Å². The highest BCUT2D eigenvalue weighted by atomic mass is 32.1. The highest BCUT2D eigenvalue weighted by Crippen LogP contribution is 2.39. The normalized spacial score (nSPS) is 18.3. The minimum Gasteiger partial charge on any atom is -0.465 e. The molecule has 0 bridgehead atoms. The van der Waals surface area contributed by atoms with Crippen molar-refractivity contribution in [3.63, 3.8) is 0 Å². The predicted molar refractivity (Wildman–Crippen MR) is 115 cm³/mol. The molecule has 1 saturated heterocycles. The first-order chi connectivity index (χ1) is 14.6. The molecular formula is C22H21FN4O2S. The molecule has 8 heteroatoms. The molecule has 2 aromatic heterocycles. The maximum atomic E-state index is 14.6. The number of ether oxygens (including phenoxy) is 1. The first kappa shape index (κ1) is 20.0. The lowest BCUT2D eigenvalue weighted by Crippen LogP contribution is -2.36. The fraction of sp³-hybridized carbons (Fsp3) is 0.227. The van der Waals surface area contributed by atoms with Crippen molar-refractivity contribution in [3.8, 4) is 5.69 Å². The summed E-state index contributed by atoms with van der Waals surface area (Å²) < 4.78 is 21.5. The fourth-order valence-corrected chi connectivity index (χ4v) is 4.05. The van der Waals surface area contributed by atoms with E-state index in [1.807, 2.05) is 30.3 Å². The minimum atomic E-state index is -0.383. The van der Waals surface area contributed by atoms with Crippen molar-refractivity contribution in [2.75, 3.05) is 13.2 Å². The molecule has 3 aromatic rings. The van der Waals surface area contributed by atoms with E-state index in [1.54, 1.807) is 47.0 Å². The van der Waals surface area contributed by atoms with Crippen LogP contribution in [0.3, 0.4) is 0 Å². The second-order valence-corrected chi connectivity index (χ2v) is 7.20. The van der Waals surface area contributed by atoms with Gasteiger partial charge in [0, 0.05) is 18.1 Å². The lowest BCUT2D eigenvalue weighted by molar-refractivity contribution is -0.143. The van der Waals surface area contributed by atoms with E-state index >= 15 is 0 Å². The van der Waals surface area contributed by atoms with Gasteiger partial charge < -0.3 is 19.5 Å². The van der Waals surface area contributed by atoms with E-state index < -0.39 is 0 Å². The Morgan fingerprint density at radius 2 is 2.00 bits per heavy atom. The number of hydrogen-bond donors (Lipinski definition) is 1. The first-order valence-corrected chi connectivity index (χ1v) is 10.1. The Bertz CT molecular complexity index is 1060. The second kappa shape index (κ2) is 8.62. The van der Waals surface area contributed by atoms with Crippen LogP contribution in [0.1, 0.15) is 30.4 Å². The average molecular weight is 425 g/mol. The van der Waals surface area contributed by atoms with Gasteiger partial charge >= 0.3 is 5.97 Å². The molecule has 2 atom stereocenters. The van der Waals surface area contributed by atoms with Gasteiger partial charge in [0.15, 0.2) is 5.11 Å². The van der Waals surface area contributed by atoms with Gasteiger partial charge in [-0.25, -0.2) is 4.39 Å². The number of aromatic nitrogens is 2. The quantitative estimate of drug-likeness (QED) is 0.483. The van der Waals surface area contributed by atoms with Crippen molar-refractivity contribution in [1.29, 1.82) is 0 Å². The smallest absolute Gasteiger partial charge is 0.325 e. The molecule has 3 heterocycles. The Morgan fingerprint density at radius 1 is 1.20 bits per heavy atom. The van der Waals surface area contributed by atoms with Gasteiger partial charge in [0.25, 0.3) is 0 Å². The number of rotatable bonds is 6. The summed E-state index contributed by atoms with van der Waals surface area (Å²) in [5, 5.41) is 3.70. The van der Waals surface area contributed by atoms with Crippen LogP contribution in [0, 0.1) is 5.82 Å². The molecule has 0 aliphatic carbocycles. The summed E-state index contributed by atoms with van der Waals surface area (Å²) in [6.07, 6.45) is 3.51. The summed E-state index contributed by atoms with van der Waals surface area (Å²) in [6.45, 7) is 2.03. The van der Waals surface area contributed by atoms with E-state index in [9.17, 15) is 9.18 Å². The van der Waals surface area contributed by atoms with Gasteiger partial charge in [-0.05, 0) is 55.5 Å². The number of esters is 1. The number of halogens is 1. The molecule has 0 spiro atoms. The summed E-state index contributed by atoms with van der Waals surface area (Å²) in [5.74, 6) is -0.716. The standard InChI is InChI=1S/C22H21FN4O2S/c1-2-29-19(28)14-27-21(20(25-22(27)30)16-9-5-6-12-24-16)18-11-7-13-26(18)17-10-4-3-8-15(17)23/h3-13,20-21H,2,14H2,1H3,(H,25,30)/t20-,21+/m1/s1. The van der Waals surface area contributed by atoms with Gasteiger partial charge in [-0.1, -0.05) is 18.2 Å². The topological polar surface area (TPSA) is 59.4 Å². The largest absolute Gasteiger partial charge is 0.465 e. The van der Waals surface area contributed by atoms with Crippen molar-refractivity contribution in [2.24, 2.45) is 0 Å². The molecule has 1 N–H and O–H groups in total. The van der Waals surface area contributed by atoms with Crippen LogP contribution in [0.5, 0.6) is 0 Å². The summed E-state index contributed by atoms with van der Waals surface area (Å²) in [5.41, 5.74) is 1.98. The van der Waals surface area contributed by atoms with E-state index in [-0.39, 0.29) is 37.0 Å². The Balaban J connectivity index is 1.80. The van der Waals surface area contributed by atoms with Gasteiger partial charge in [0.2, 0.25) is 0 Å². The summed E-state index contributed by atoms with van der Waals surface area (Å²) in [7, 11) is 0. The number of benzene rings is 1. The Labute approximate surface area is 179 Å². The van der Waals surface area contributed by atoms with Gasteiger partial charge in [-0.15, -0.1) is 0 Å². The van der Waals surface area contributed by atoms with Crippen LogP contribution in [-0.2, 0) is 9.53 Å². The highest BCUT2D eigenvalue weighted by Gasteiger charge is 2.42. The molecule has 1 aromatic carbocycles. The molecule has 6 nitrogen and oxygen atoms in total. The van der Waals surface area contributed by atoms with E-state index in [4.69, 9.17) is 17.0 Å². The Morgan fingerprint density at radius 3 is 2.73 bits per heavy atom. The van der Waals surface area contributed by atoms with E-state index in [0.717, 1.165) is 11.4 Å². The molecule has 0 saturated carbocycles. The molecule has 154 valence electrons. The van der Waals surface area contributed by atoms with Crippen molar-refractivity contribution >= 4 is 23.3 Å². The minimum absolute atomic E-state index is 0.0177. The molecule has 0 unspecified atom stereocenters. The highest BCUT2D eigenvalue weighted by molar-refractivity contribution is 7.80. The number of hydrogen-bond acceptors (Lipinski definition) is 4.